The van der Waals surface area contributed by atoms with E-state index in [2.05, 4.69) is 10.3 Å². The molecule has 2 amide bonds. The number of hydroxylamine groups is 1. The maximum Gasteiger partial charge on any atom is 0.274 e. The van der Waals surface area contributed by atoms with Gasteiger partial charge in [0.2, 0.25) is 5.91 Å². The fourth-order valence-corrected chi connectivity index (χ4v) is 4.77. The summed E-state index contributed by atoms with van der Waals surface area (Å²) < 4.78 is 6.29. The van der Waals surface area contributed by atoms with E-state index in [1.165, 1.54) is 0 Å². The lowest BCUT2D eigenvalue weighted by molar-refractivity contribution is -0.128. The number of aromatic nitrogens is 1. The van der Waals surface area contributed by atoms with E-state index in [-0.39, 0.29) is 17.4 Å². The van der Waals surface area contributed by atoms with E-state index in [1.54, 1.807) is 22.6 Å². The predicted octanol–water partition coefficient (Wildman–Crippen LogP) is 2.88. The summed E-state index contributed by atoms with van der Waals surface area (Å²) >= 11 is 0. The molecule has 1 aliphatic heterocycles. The number of anilines is 1. The molecule has 0 bridgehead atoms. The van der Waals surface area contributed by atoms with Gasteiger partial charge in [-0.05, 0) is 75.0 Å². The number of benzene rings is 1. The van der Waals surface area contributed by atoms with Crippen molar-refractivity contribution in [2.45, 2.75) is 52.1 Å². The number of carbonyl (C=O) groups is 2. The summed E-state index contributed by atoms with van der Waals surface area (Å²) in [5, 5.41) is 12.2. The molecule has 1 fully saturated rings. The van der Waals surface area contributed by atoms with Gasteiger partial charge in [-0.15, -0.1) is 0 Å². The normalized spacial score (nSPS) is 19.3. The van der Waals surface area contributed by atoms with Crippen LogP contribution in [0.3, 0.4) is 0 Å². The minimum atomic E-state index is -0.506. The minimum Gasteiger partial charge on any atom is -0.490 e. The number of pyridine rings is 1. The zero-order valence-corrected chi connectivity index (χ0v) is 19.3. The Balaban J connectivity index is 1.46. The summed E-state index contributed by atoms with van der Waals surface area (Å²) in [6.07, 6.45) is 5.67. The van der Waals surface area contributed by atoms with Gasteiger partial charge >= 0.3 is 0 Å². The molecule has 1 aliphatic carbocycles. The smallest absolute Gasteiger partial charge is 0.274 e. The standard InChI is InChI=1S/C25H32N4O4/c1-3-29(24(31)25(2)9-12-26-13-10-25)22-16-21(8-11-27-22)33-20-7-6-17-14-19(23(30)28-32)5-4-18(17)15-20/h4-5,8,11,14,16,20,26,32H,3,6-7,9-10,12-13,15H2,1-2H3,(H,28,30). The van der Waals surface area contributed by atoms with Gasteiger partial charge in [-0.2, -0.15) is 0 Å². The molecular formula is C25H32N4O4. The van der Waals surface area contributed by atoms with Gasteiger partial charge < -0.3 is 10.1 Å². The van der Waals surface area contributed by atoms with Crippen LogP contribution in [0.4, 0.5) is 5.82 Å². The van der Waals surface area contributed by atoms with Crippen molar-refractivity contribution in [2.75, 3.05) is 24.5 Å². The highest BCUT2D eigenvalue weighted by molar-refractivity contribution is 5.96. The average molecular weight is 453 g/mol. The van der Waals surface area contributed by atoms with Gasteiger partial charge in [0.05, 0.1) is 0 Å². The molecular weight excluding hydrogens is 420 g/mol. The molecule has 1 saturated heterocycles. The van der Waals surface area contributed by atoms with E-state index in [0.717, 1.165) is 56.3 Å². The van der Waals surface area contributed by atoms with Crippen LogP contribution in [0.25, 0.3) is 0 Å². The number of ether oxygens (including phenoxy) is 1. The molecule has 1 atom stereocenters. The lowest BCUT2D eigenvalue weighted by Crippen LogP contribution is -2.48. The predicted molar refractivity (Wildman–Crippen MR) is 125 cm³/mol. The average Bonchev–Trinajstić information content (AvgIpc) is 2.84. The first-order chi connectivity index (χ1) is 15.9. The van der Waals surface area contributed by atoms with Crippen LogP contribution in [-0.2, 0) is 17.6 Å². The molecule has 3 N–H and O–H groups in total. The molecule has 0 radical (unpaired) electrons. The number of nitrogens with zero attached hydrogens (tertiary/aromatic N) is 2. The van der Waals surface area contributed by atoms with Gasteiger partial charge in [0.15, 0.2) is 0 Å². The first kappa shape index (κ1) is 23.2. The summed E-state index contributed by atoms with van der Waals surface area (Å²) in [5.74, 6) is 0.932. The summed E-state index contributed by atoms with van der Waals surface area (Å²) in [5.41, 5.74) is 3.99. The zero-order valence-electron chi connectivity index (χ0n) is 19.3. The molecule has 2 heterocycles. The first-order valence-electron chi connectivity index (χ1n) is 11.6. The summed E-state index contributed by atoms with van der Waals surface area (Å²) in [4.78, 5) is 31.3. The van der Waals surface area contributed by atoms with E-state index >= 15 is 0 Å². The van der Waals surface area contributed by atoms with Gasteiger partial charge in [-0.1, -0.05) is 13.0 Å². The Bertz CT molecular complexity index is 1020. The van der Waals surface area contributed by atoms with Crippen molar-refractivity contribution >= 4 is 17.6 Å². The van der Waals surface area contributed by atoms with Crippen LogP contribution in [-0.4, -0.2) is 47.7 Å². The lowest BCUT2D eigenvalue weighted by Gasteiger charge is -2.36. The Hall–Kier alpha value is -2.97. The fraction of sp³-hybridized carbons (Fsp3) is 0.480. The third kappa shape index (κ3) is 5.02. The van der Waals surface area contributed by atoms with Crippen LogP contribution >= 0.6 is 0 Å². The maximum atomic E-state index is 13.4. The van der Waals surface area contributed by atoms with E-state index < -0.39 is 5.91 Å². The molecule has 176 valence electrons. The van der Waals surface area contributed by atoms with E-state index in [1.807, 2.05) is 38.1 Å². The van der Waals surface area contributed by atoms with Crippen LogP contribution in [0, 0.1) is 5.41 Å². The minimum absolute atomic E-state index is 0.00187. The highest BCUT2D eigenvalue weighted by atomic mass is 16.5. The number of amides is 2. The second-order valence-corrected chi connectivity index (χ2v) is 9.12. The SMILES string of the molecule is CCN(C(=O)C1(C)CCNCC1)c1cc(OC2CCc3cc(C(=O)NO)ccc3C2)ccn1. The molecule has 4 rings (SSSR count). The number of carbonyl (C=O) groups excluding carboxylic acids is 2. The monoisotopic (exact) mass is 452 g/mol. The molecule has 2 aliphatic rings. The van der Waals surface area contributed by atoms with Crippen LogP contribution in [0.2, 0.25) is 0 Å². The Kier molecular flexibility index (Phi) is 6.95. The van der Waals surface area contributed by atoms with Gasteiger partial charge in [0.1, 0.15) is 17.7 Å². The Morgan fingerprint density at radius 1 is 1.24 bits per heavy atom. The number of nitrogens with one attached hydrogen (secondary N) is 2. The van der Waals surface area contributed by atoms with E-state index in [4.69, 9.17) is 9.94 Å². The van der Waals surface area contributed by atoms with E-state index in [0.29, 0.717) is 23.7 Å². The highest BCUT2D eigenvalue weighted by Crippen LogP contribution is 2.33. The van der Waals surface area contributed by atoms with Crippen molar-refractivity contribution in [1.82, 2.24) is 15.8 Å². The largest absolute Gasteiger partial charge is 0.490 e. The van der Waals surface area contributed by atoms with Crippen molar-refractivity contribution in [1.29, 1.82) is 0 Å². The Labute approximate surface area is 194 Å². The fourth-order valence-electron chi connectivity index (χ4n) is 4.77. The quantitative estimate of drug-likeness (QED) is 0.460. The van der Waals surface area contributed by atoms with Gasteiger partial charge in [0.25, 0.3) is 5.91 Å². The number of hydrogen-bond donors (Lipinski definition) is 3. The molecule has 33 heavy (non-hydrogen) atoms. The van der Waals surface area contributed by atoms with Crippen molar-refractivity contribution in [2.24, 2.45) is 5.41 Å². The van der Waals surface area contributed by atoms with Crippen molar-refractivity contribution < 1.29 is 19.5 Å². The van der Waals surface area contributed by atoms with Crippen molar-refractivity contribution in [3.63, 3.8) is 0 Å². The van der Waals surface area contributed by atoms with Gasteiger partial charge in [-0.25, -0.2) is 10.5 Å². The molecule has 1 unspecified atom stereocenters. The molecule has 2 aromatic rings. The first-order valence-corrected chi connectivity index (χ1v) is 11.6. The zero-order chi connectivity index (χ0) is 23.4. The van der Waals surface area contributed by atoms with Crippen LogP contribution in [0.1, 0.15) is 54.6 Å². The number of aryl methyl sites for hydroxylation is 1. The van der Waals surface area contributed by atoms with E-state index in [9.17, 15) is 9.59 Å². The molecule has 1 aromatic heterocycles. The second-order valence-electron chi connectivity index (χ2n) is 9.12. The number of fused-ring (bicyclic) bond motifs is 1. The maximum absolute atomic E-state index is 13.4. The topological polar surface area (TPSA) is 104 Å². The highest BCUT2D eigenvalue weighted by Gasteiger charge is 2.38. The molecule has 0 saturated carbocycles. The summed E-state index contributed by atoms with van der Waals surface area (Å²) in [7, 11) is 0. The van der Waals surface area contributed by atoms with Crippen molar-refractivity contribution in [3.8, 4) is 5.75 Å². The van der Waals surface area contributed by atoms with Crippen LogP contribution in [0.15, 0.2) is 36.5 Å². The van der Waals surface area contributed by atoms with Crippen LogP contribution < -0.4 is 20.4 Å². The summed E-state index contributed by atoms with van der Waals surface area (Å²) in [6.45, 7) is 6.28. The number of hydrogen-bond acceptors (Lipinski definition) is 6. The molecule has 8 heteroatoms. The number of rotatable bonds is 6. The lowest BCUT2D eigenvalue weighted by atomic mass is 9.79. The second kappa shape index (κ2) is 9.89. The van der Waals surface area contributed by atoms with Crippen molar-refractivity contribution in [3.05, 3.63) is 53.2 Å². The third-order valence-electron chi connectivity index (χ3n) is 6.83. The molecule has 0 spiro atoms. The number of piperidine rings is 1. The van der Waals surface area contributed by atoms with Gasteiger partial charge in [0, 0.05) is 36.2 Å². The van der Waals surface area contributed by atoms with Gasteiger partial charge in [-0.3, -0.25) is 19.7 Å². The molecule has 8 nitrogen and oxygen atoms in total. The summed E-state index contributed by atoms with van der Waals surface area (Å²) in [6, 6.07) is 9.15. The Morgan fingerprint density at radius 3 is 2.76 bits per heavy atom. The third-order valence-corrected chi connectivity index (χ3v) is 6.83. The molecule has 1 aromatic carbocycles. The Morgan fingerprint density at radius 2 is 2.03 bits per heavy atom. The van der Waals surface area contributed by atoms with Crippen LogP contribution in [0.5, 0.6) is 5.75 Å².